The Hall–Kier alpha value is -0.610. The summed E-state index contributed by atoms with van der Waals surface area (Å²) >= 11 is 0. The van der Waals surface area contributed by atoms with E-state index in [1.807, 2.05) is 6.92 Å². The molecule has 14 heavy (non-hydrogen) atoms. The van der Waals surface area contributed by atoms with Crippen molar-refractivity contribution in [2.75, 3.05) is 19.6 Å². The molecule has 0 radical (unpaired) electrons. The van der Waals surface area contributed by atoms with Gasteiger partial charge in [-0.3, -0.25) is 4.79 Å². The fourth-order valence-corrected chi connectivity index (χ4v) is 1.80. The Bertz CT molecular complexity index is 179. The van der Waals surface area contributed by atoms with Crippen LogP contribution in [0.4, 0.5) is 0 Å². The Balaban J connectivity index is 2.20. The van der Waals surface area contributed by atoms with Crippen molar-refractivity contribution in [3.63, 3.8) is 0 Å². The van der Waals surface area contributed by atoms with Crippen LogP contribution in [0, 0.1) is 5.92 Å². The van der Waals surface area contributed by atoms with Crippen LogP contribution >= 0.6 is 0 Å². The van der Waals surface area contributed by atoms with Crippen LogP contribution < -0.4 is 10.6 Å². The standard InChI is InChI=1S/C10H20N2O2/c1-2-9(10(13)14)12-7-8-3-5-11-6-4-8/h8-9,11-12H,2-7H2,1H3,(H,13,14). The minimum Gasteiger partial charge on any atom is -0.480 e. The quantitative estimate of drug-likeness (QED) is 0.602. The Morgan fingerprint density at radius 1 is 1.57 bits per heavy atom. The number of aliphatic carboxylic acids is 1. The monoisotopic (exact) mass is 200 g/mol. The second-order valence-electron chi connectivity index (χ2n) is 3.90. The van der Waals surface area contributed by atoms with E-state index in [1.165, 1.54) is 0 Å². The molecule has 1 saturated heterocycles. The zero-order valence-corrected chi connectivity index (χ0v) is 8.75. The molecular weight excluding hydrogens is 180 g/mol. The van der Waals surface area contributed by atoms with Crippen LogP contribution in [0.2, 0.25) is 0 Å². The van der Waals surface area contributed by atoms with Crippen molar-refractivity contribution in [3.05, 3.63) is 0 Å². The molecule has 1 rings (SSSR count). The van der Waals surface area contributed by atoms with E-state index in [0.717, 1.165) is 32.5 Å². The highest BCUT2D eigenvalue weighted by Crippen LogP contribution is 2.10. The molecule has 0 amide bonds. The van der Waals surface area contributed by atoms with Gasteiger partial charge in [0.2, 0.25) is 0 Å². The largest absolute Gasteiger partial charge is 0.480 e. The Labute approximate surface area is 85.1 Å². The molecule has 4 heteroatoms. The van der Waals surface area contributed by atoms with Gasteiger partial charge in [0.15, 0.2) is 0 Å². The van der Waals surface area contributed by atoms with E-state index in [1.54, 1.807) is 0 Å². The fraction of sp³-hybridized carbons (Fsp3) is 0.900. The van der Waals surface area contributed by atoms with E-state index in [0.29, 0.717) is 12.3 Å². The lowest BCUT2D eigenvalue weighted by molar-refractivity contribution is -0.139. The van der Waals surface area contributed by atoms with E-state index >= 15 is 0 Å². The van der Waals surface area contributed by atoms with Crippen molar-refractivity contribution < 1.29 is 9.90 Å². The second-order valence-corrected chi connectivity index (χ2v) is 3.90. The van der Waals surface area contributed by atoms with Crippen LogP contribution in [0.3, 0.4) is 0 Å². The molecule has 3 N–H and O–H groups in total. The maximum Gasteiger partial charge on any atom is 0.320 e. The van der Waals surface area contributed by atoms with Crippen molar-refractivity contribution in [2.24, 2.45) is 5.92 Å². The smallest absolute Gasteiger partial charge is 0.320 e. The zero-order chi connectivity index (χ0) is 10.4. The molecule has 0 aromatic heterocycles. The first kappa shape index (κ1) is 11.5. The van der Waals surface area contributed by atoms with Crippen molar-refractivity contribution >= 4 is 5.97 Å². The van der Waals surface area contributed by atoms with Gasteiger partial charge in [0.25, 0.3) is 0 Å². The van der Waals surface area contributed by atoms with Gasteiger partial charge < -0.3 is 15.7 Å². The lowest BCUT2D eigenvalue weighted by atomic mass is 9.98. The summed E-state index contributed by atoms with van der Waals surface area (Å²) in [5.41, 5.74) is 0. The van der Waals surface area contributed by atoms with Crippen LogP contribution in [-0.2, 0) is 4.79 Å². The number of hydrogen-bond acceptors (Lipinski definition) is 3. The van der Waals surface area contributed by atoms with Gasteiger partial charge in [-0.2, -0.15) is 0 Å². The maximum atomic E-state index is 10.7. The number of carboxylic acids is 1. The van der Waals surface area contributed by atoms with Gasteiger partial charge in [0, 0.05) is 0 Å². The Morgan fingerprint density at radius 3 is 2.71 bits per heavy atom. The number of piperidine rings is 1. The van der Waals surface area contributed by atoms with Crippen LogP contribution in [0.15, 0.2) is 0 Å². The molecule has 0 saturated carbocycles. The lowest BCUT2D eigenvalue weighted by Crippen LogP contribution is -2.41. The molecule has 0 bridgehead atoms. The van der Waals surface area contributed by atoms with E-state index in [4.69, 9.17) is 5.11 Å². The molecule has 4 nitrogen and oxygen atoms in total. The van der Waals surface area contributed by atoms with E-state index < -0.39 is 5.97 Å². The first-order chi connectivity index (χ1) is 6.74. The van der Waals surface area contributed by atoms with Crippen LogP contribution in [0.5, 0.6) is 0 Å². The first-order valence-electron chi connectivity index (χ1n) is 5.41. The normalized spacial score (nSPS) is 20.6. The van der Waals surface area contributed by atoms with E-state index in [2.05, 4.69) is 10.6 Å². The van der Waals surface area contributed by atoms with Gasteiger partial charge in [-0.1, -0.05) is 6.92 Å². The summed E-state index contributed by atoms with van der Waals surface area (Å²) in [4.78, 5) is 10.7. The Morgan fingerprint density at radius 2 is 2.21 bits per heavy atom. The molecule has 1 aliphatic rings. The van der Waals surface area contributed by atoms with Gasteiger partial charge in [-0.15, -0.1) is 0 Å². The van der Waals surface area contributed by atoms with E-state index in [-0.39, 0.29) is 6.04 Å². The Kier molecular flexibility index (Phi) is 4.90. The van der Waals surface area contributed by atoms with Gasteiger partial charge >= 0.3 is 5.97 Å². The molecule has 0 aliphatic carbocycles. The summed E-state index contributed by atoms with van der Waals surface area (Å²) in [7, 11) is 0. The highest BCUT2D eigenvalue weighted by atomic mass is 16.4. The number of carboxylic acid groups (broad SMARTS) is 1. The molecule has 0 aromatic rings. The summed E-state index contributed by atoms with van der Waals surface area (Å²) in [5, 5.41) is 15.2. The number of carbonyl (C=O) groups is 1. The summed E-state index contributed by atoms with van der Waals surface area (Å²) < 4.78 is 0. The highest BCUT2D eigenvalue weighted by Gasteiger charge is 2.18. The molecule has 0 spiro atoms. The molecule has 1 aliphatic heterocycles. The zero-order valence-electron chi connectivity index (χ0n) is 8.75. The van der Waals surface area contributed by atoms with Gasteiger partial charge in [-0.05, 0) is 44.8 Å². The number of rotatable bonds is 5. The third kappa shape index (κ3) is 3.64. The topological polar surface area (TPSA) is 61.4 Å². The minimum atomic E-state index is -0.735. The van der Waals surface area contributed by atoms with Crippen LogP contribution in [-0.4, -0.2) is 36.8 Å². The average molecular weight is 200 g/mol. The van der Waals surface area contributed by atoms with Crippen LogP contribution in [0.25, 0.3) is 0 Å². The molecule has 1 atom stereocenters. The van der Waals surface area contributed by atoms with Crippen LogP contribution in [0.1, 0.15) is 26.2 Å². The molecule has 1 fully saturated rings. The van der Waals surface area contributed by atoms with Crippen molar-refractivity contribution in [2.45, 2.75) is 32.2 Å². The molecule has 0 aromatic carbocycles. The van der Waals surface area contributed by atoms with Gasteiger partial charge in [-0.25, -0.2) is 0 Å². The highest BCUT2D eigenvalue weighted by molar-refractivity contribution is 5.73. The van der Waals surface area contributed by atoms with E-state index in [9.17, 15) is 4.79 Å². The van der Waals surface area contributed by atoms with Crippen molar-refractivity contribution in [3.8, 4) is 0 Å². The summed E-state index contributed by atoms with van der Waals surface area (Å²) in [6, 6.07) is -0.370. The molecule has 82 valence electrons. The van der Waals surface area contributed by atoms with Gasteiger partial charge in [0.1, 0.15) is 6.04 Å². The third-order valence-electron chi connectivity index (χ3n) is 2.82. The molecular formula is C10H20N2O2. The second kappa shape index (κ2) is 5.98. The number of hydrogen-bond donors (Lipinski definition) is 3. The van der Waals surface area contributed by atoms with Crippen molar-refractivity contribution in [1.82, 2.24) is 10.6 Å². The van der Waals surface area contributed by atoms with Crippen molar-refractivity contribution in [1.29, 1.82) is 0 Å². The van der Waals surface area contributed by atoms with Gasteiger partial charge in [0.05, 0.1) is 0 Å². The first-order valence-corrected chi connectivity index (χ1v) is 5.41. The fourth-order valence-electron chi connectivity index (χ4n) is 1.80. The minimum absolute atomic E-state index is 0.370. The predicted molar refractivity (Wildman–Crippen MR) is 55.3 cm³/mol. The average Bonchev–Trinajstić information content (AvgIpc) is 2.20. The lowest BCUT2D eigenvalue weighted by Gasteiger charge is -2.24. The third-order valence-corrected chi connectivity index (χ3v) is 2.82. The molecule has 1 heterocycles. The summed E-state index contributed by atoms with van der Waals surface area (Å²) in [6.45, 7) is 4.87. The SMILES string of the molecule is CCC(NCC1CCNCC1)C(=O)O. The maximum absolute atomic E-state index is 10.7. The number of nitrogens with one attached hydrogen (secondary N) is 2. The summed E-state index contributed by atoms with van der Waals surface area (Å²) in [6.07, 6.45) is 2.96. The summed E-state index contributed by atoms with van der Waals surface area (Å²) in [5.74, 6) is -0.0916. The predicted octanol–water partition coefficient (Wildman–Crippen LogP) is 0.439. The molecule has 1 unspecified atom stereocenters.